The first-order valence-corrected chi connectivity index (χ1v) is 5.41. The first kappa shape index (κ1) is 11.0. The summed E-state index contributed by atoms with van der Waals surface area (Å²) in [7, 11) is 2.24. The fraction of sp³-hybridized carbons (Fsp3) is 1.00. The van der Waals surface area contributed by atoms with Crippen molar-refractivity contribution in [1.29, 1.82) is 0 Å². The maximum atomic E-state index is 5.54. The zero-order valence-corrected chi connectivity index (χ0v) is 9.42. The largest absolute Gasteiger partial charge is 0.378 e. The van der Waals surface area contributed by atoms with Gasteiger partial charge in [0.2, 0.25) is 0 Å². The molecule has 2 nitrogen and oxygen atoms in total. The molecule has 1 aliphatic heterocycles. The smallest absolute Gasteiger partial charge is 0.0561 e. The van der Waals surface area contributed by atoms with Gasteiger partial charge in [0.05, 0.1) is 6.10 Å². The normalized spacial score (nSPS) is 30.0. The van der Waals surface area contributed by atoms with Crippen LogP contribution in [0.5, 0.6) is 0 Å². The van der Waals surface area contributed by atoms with Gasteiger partial charge in [0, 0.05) is 19.2 Å². The molecule has 0 N–H and O–H groups in total. The van der Waals surface area contributed by atoms with Gasteiger partial charge in [-0.2, -0.15) is 0 Å². The van der Waals surface area contributed by atoms with Gasteiger partial charge in [-0.05, 0) is 32.7 Å². The molecule has 0 bridgehead atoms. The van der Waals surface area contributed by atoms with Gasteiger partial charge in [-0.25, -0.2) is 0 Å². The van der Waals surface area contributed by atoms with Gasteiger partial charge < -0.3 is 9.64 Å². The first-order valence-electron chi connectivity index (χ1n) is 5.41. The zero-order chi connectivity index (χ0) is 9.84. The molecule has 2 heteroatoms. The van der Waals surface area contributed by atoms with Crippen LogP contribution >= 0.6 is 0 Å². The molecule has 0 aromatic rings. The van der Waals surface area contributed by atoms with E-state index in [4.69, 9.17) is 4.74 Å². The summed E-state index contributed by atoms with van der Waals surface area (Å²) < 4.78 is 5.54. The second kappa shape index (κ2) is 4.97. The Bertz CT molecular complexity index is 147. The first-order chi connectivity index (χ1) is 6.09. The maximum absolute atomic E-state index is 5.54. The summed E-state index contributed by atoms with van der Waals surface area (Å²) in [4.78, 5) is 2.49. The van der Waals surface area contributed by atoms with Gasteiger partial charge in [-0.15, -0.1) is 0 Å². The van der Waals surface area contributed by atoms with E-state index >= 15 is 0 Å². The number of ether oxygens (including phenoxy) is 1. The van der Waals surface area contributed by atoms with Crippen LogP contribution in [0, 0.1) is 5.92 Å². The van der Waals surface area contributed by atoms with Crippen molar-refractivity contribution in [3.8, 4) is 0 Å². The van der Waals surface area contributed by atoms with Crippen molar-refractivity contribution >= 4 is 0 Å². The molecule has 1 rings (SSSR count). The van der Waals surface area contributed by atoms with Gasteiger partial charge in [0.15, 0.2) is 0 Å². The van der Waals surface area contributed by atoms with E-state index < -0.39 is 0 Å². The van der Waals surface area contributed by atoms with E-state index in [1.54, 1.807) is 0 Å². The third-order valence-corrected chi connectivity index (χ3v) is 2.73. The maximum Gasteiger partial charge on any atom is 0.0561 e. The molecule has 0 radical (unpaired) electrons. The van der Waals surface area contributed by atoms with Crippen LogP contribution in [-0.2, 0) is 4.74 Å². The van der Waals surface area contributed by atoms with Crippen molar-refractivity contribution in [3.05, 3.63) is 0 Å². The molecule has 0 aromatic carbocycles. The van der Waals surface area contributed by atoms with Gasteiger partial charge in [-0.3, -0.25) is 0 Å². The van der Waals surface area contributed by atoms with Crippen molar-refractivity contribution in [1.82, 2.24) is 4.90 Å². The lowest BCUT2D eigenvalue weighted by Crippen LogP contribution is -2.40. The quantitative estimate of drug-likeness (QED) is 0.668. The van der Waals surface area contributed by atoms with Crippen LogP contribution < -0.4 is 0 Å². The summed E-state index contributed by atoms with van der Waals surface area (Å²) in [6.45, 7) is 8.87. The van der Waals surface area contributed by atoms with E-state index in [0.717, 1.165) is 18.6 Å². The summed E-state index contributed by atoms with van der Waals surface area (Å²) in [5.41, 5.74) is 0. The van der Waals surface area contributed by atoms with Crippen molar-refractivity contribution in [2.75, 3.05) is 20.2 Å². The number of rotatable bonds is 3. The molecular formula is C11H23NO. The SMILES string of the molecule is CC(C)CN(C)C1CCOC(C)C1. The van der Waals surface area contributed by atoms with Crippen molar-refractivity contribution in [2.24, 2.45) is 5.92 Å². The fourth-order valence-electron chi connectivity index (χ4n) is 2.10. The average Bonchev–Trinajstić information content (AvgIpc) is 2.03. The summed E-state index contributed by atoms with van der Waals surface area (Å²) >= 11 is 0. The van der Waals surface area contributed by atoms with Crippen molar-refractivity contribution in [2.45, 2.75) is 45.8 Å². The predicted octanol–water partition coefficient (Wildman–Crippen LogP) is 2.14. The highest BCUT2D eigenvalue weighted by Gasteiger charge is 2.22. The summed E-state index contributed by atoms with van der Waals surface area (Å²) in [5.74, 6) is 0.767. The highest BCUT2D eigenvalue weighted by molar-refractivity contribution is 4.76. The van der Waals surface area contributed by atoms with Gasteiger partial charge in [-0.1, -0.05) is 13.8 Å². The summed E-state index contributed by atoms with van der Waals surface area (Å²) in [6.07, 6.45) is 2.85. The lowest BCUT2D eigenvalue weighted by molar-refractivity contribution is -0.0136. The second-order valence-corrected chi connectivity index (χ2v) is 4.69. The molecule has 78 valence electrons. The van der Waals surface area contributed by atoms with Crippen LogP contribution in [0.15, 0.2) is 0 Å². The minimum Gasteiger partial charge on any atom is -0.378 e. The molecular weight excluding hydrogens is 162 g/mol. The molecule has 1 heterocycles. The standard InChI is InChI=1S/C11H23NO/c1-9(2)8-12(4)11-5-6-13-10(3)7-11/h9-11H,5-8H2,1-4H3. The molecule has 0 spiro atoms. The average molecular weight is 185 g/mol. The topological polar surface area (TPSA) is 12.5 Å². The minimum atomic E-state index is 0.452. The molecule has 0 saturated carbocycles. The lowest BCUT2D eigenvalue weighted by Gasteiger charge is -2.35. The number of hydrogen-bond donors (Lipinski definition) is 0. The molecule has 2 atom stereocenters. The van der Waals surface area contributed by atoms with Gasteiger partial charge in [0.1, 0.15) is 0 Å². The Morgan fingerprint density at radius 2 is 2.15 bits per heavy atom. The second-order valence-electron chi connectivity index (χ2n) is 4.69. The van der Waals surface area contributed by atoms with E-state index in [-0.39, 0.29) is 0 Å². The van der Waals surface area contributed by atoms with Crippen molar-refractivity contribution in [3.63, 3.8) is 0 Å². The molecule has 0 aromatic heterocycles. The molecule has 1 saturated heterocycles. The predicted molar refractivity (Wildman–Crippen MR) is 55.9 cm³/mol. The van der Waals surface area contributed by atoms with Crippen LogP contribution in [0.25, 0.3) is 0 Å². The van der Waals surface area contributed by atoms with Gasteiger partial charge in [0.25, 0.3) is 0 Å². The van der Waals surface area contributed by atoms with E-state index in [9.17, 15) is 0 Å². The van der Waals surface area contributed by atoms with E-state index in [0.29, 0.717) is 6.10 Å². The third kappa shape index (κ3) is 3.65. The third-order valence-electron chi connectivity index (χ3n) is 2.73. The monoisotopic (exact) mass is 185 g/mol. The Kier molecular flexibility index (Phi) is 4.20. The Hall–Kier alpha value is -0.0800. The van der Waals surface area contributed by atoms with Gasteiger partial charge >= 0.3 is 0 Å². The zero-order valence-electron chi connectivity index (χ0n) is 9.42. The number of nitrogens with zero attached hydrogens (tertiary/aromatic N) is 1. The Morgan fingerprint density at radius 3 is 2.69 bits per heavy atom. The lowest BCUT2D eigenvalue weighted by atomic mass is 10.0. The number of hydrogen-bond acceptors (Lipinski definition) is 2. The fourth-order valence-corrected chi connectivity index (χ4v) is 2.10. The van der Waals surface area contributed by atoms with E-state index in [1.165, 1.54) is 19.4 Å². The molecule has 1 fully saturated rings. The van der Waals surface area contributed by atoms with Crippen LogP contribution in [-0.4, -0.2) is 37.2 Å². The molecule has 13 heavy (non-hydrogen) atoms. The Labute approximate surface area is 82.3 Å². The van der Waals surface area contributed by atoms with E-state index in [2.05, 4.69) is 32.7 Å². The summed E-state index contributed by atoms with van der Waals surface area (Å²) in [6, 6.07) is 0.742. The Balaban J connectivity index is 2.32. The van der Waals surface area contributed by atoms with Crippen molar-refractivity contribution < 1.29 is 4.74 Å². The highest BCUT2D eigenvalue weighted by atomic mass is 16.5. The molecule has 1 aliphatic rings. The van der Waals surface area contributed by atoms with Crippen LogP contribution in [0.2, 0.25) is 0 Å². The molecule has 0 amide bonds. The van der Waals surface area contributed by atoms with Crippen LogP contribution in [0.1, 0.15) is 33.6 Å². The van der Waals surface area contributed by atoms with Crippen LogP contribution in [0.4, 0.5) is 0 Å². The minimum absolute atomic E-state index is 0.452. The van der Waals surface area contributed by atoms with E-state index in [1.807, 2.05) is 0 Å². The summed E-state index contributed by atoms with van der Waals surface area (Å²) in [5, 5.41) is 0. The molecule has 0 aliphatic carbocycles. The van der Waals surface area contributed by atoms with Crippen LogP contribution in [0.3, 0.4) is 0 Å². The molecule has 2 unspecified atom stereocenters. The Morgan fingerprint density at radius 1 is 1.46 bits per heavy atom. The highest BCUT2D eigenvalue weighted by Crippen LogP contribution is 2.18.